The van der Waals surface area contributed by atoms with Crippen molar-refractivity contribution < 1.29 is 136 Å². The second-order valence-corrected chi connectivity index (χ2v) is 12.1. The Morgan fingerprint density at radius 2 is 0.583 bits per heavy atom. The first-order chi connectivity index (χ1) is 26.1. The van der Waals surface area contributed by atoms with Crippen molar-refractivity contribution in [1.29, 1.82) is 0 Å². The van der Waals surface area contributed by atoms with Crippen LogP contribution < -0.4 is 0 Å². The molecule has 0 atom stereocenters. The molecule has 0 bridgehead atoms. The van der Waals surface area contributed by atoms with Gasteiger partial charge in [-0.2, -0.15) is 124 Å². The van der Waals surface area contributed by atoms with Gasteiger partial charge in [0.2, 0.25) is 11.3 Å². The molecule has 2 saturated carbocycles. The van der Waals surface area contributed by atoms with Gasteiger partial charge in [0.1, 0.15) is 12.6 Å². The van der Waals surface area contributed by atoms with E-state index in [1.807, 2.05) is 0 Å². The van der Waals surface area contributed by atoms with Crippen LogP contribution in [0, 0.1) is 5.92 Å². The lowest BCUT2D eigenvalue weighted by Gasteiger charge is -2.54. The topological polar surface area (TPSA) is 6.48 Å². The van der Waals surface area contributed by atoms with Crippen LogP contribution >= 0.6 is 0 Å². The second kappa shape index (κ2) is 17.0. The molecule has 0 aromatic heterocycles. The van der Waals surface area contributed by atoms with E-state index in [0.717, 1.165) is 0 Å². The first-order valence-corrected chi connectivity index (χ1v) is 15.4. The Bertz CT molecular complexity index is 1290. The van der Waals surface area contributed by atoms with E-state index < -0.39 is 138 Å². The second-order valence-electron chi connectivity index (χ2n) is 12.1. The molecule has 0 aromatic carbocycles. The Balaban J connectivity index is 0. The molecule has 2 aliphatic carbocycles. The smallest absolute Gasteiger partial charge is 0.255 e. The zero-order chi connectivity index (χ0) is 49.8. The van der Waals surface area contributed by atoms with Crippen LogP contribution in [0.4, 0.5) is 136 Å². The molecule has 3 aliphatic rings. The van der Waals surface area contributed by atoms with Gasteiger partial charge in [-0.25, -0.2) is 8.78 Å². The molecule has 0 amide bonds. The SMILES string of the molecule is CCC1(F)C(F)(F)C(F)(F)C(C)(F)C(F)(F)C1(F)F.CCF.CCN1C(F)(F)C(F)(F)N(CC)C(F)(F)C1(F)F.CF.FCC1C(F)(F)C(F)(F)C(F)(F)C(F)(F)C1(F)F. The largest absolute Gasteiger partial charge is 0.387 e. The number of halogens is 31. The molecule has 60 heavy (non-hydrogen) atoms. The highest BCUT2D eigenvalue weighted by Crippen LogP contribution is 2.70. The quantitative estimate of drug-likeness (QED) is 0.205. The zero-order valence-electron chi connectivity index (χ0n) is 30.2. The van der Waals surface area contributed by atoms with E-state index in [1.165, 1.54) is 6.92 Å². The average Bonchev–Trinajstić information content (AvgIpc) is 3.07. The van der Waals surface area contributed by atoms with Gasteiger partial charge in [-0.15, -0.1) is 0 Å². The number of piperazine rings is 1. The summed E-state index contributed by atoms with van der Waals surface area (Å²) in [6, 6.07) is -21.6. The van der Waals surface area contributed by atoms with Gasteiger partial charge in [0, 0.05) is 13.1 Å². The summed E-state index contributed by atoms with van der Waals surface area (Å²) in [5.74, 6) is -63.0. The summed E-state index contributed by atoms with van der Waals surface area (Å²) in [6.07, 6.45) is -2.05. The standard InChI is InChI=1S/C9H8F10.C8H10F8N2.C7H3F11.C2H5F.CH3F/c1-3-5(11)8(16,17)6(12,13)4(2,10)7(14,15)9(5,18)19;1-3-17-5(9,10)7(13,14)18(4-2)8(15,16)6(17,11)12;8-1-2-3(9,10)5(13,14)7(17,18)6(15,16)4(2,11)12;1-2-3;1-2/h3H2,1-2H3;3-4H2,1-2H3;2H,1H2;2H2,1H3;1H3. The molecule has 0 radical (unpaired) electrons. The molecule has 0 aromatic rings. The third-order valence-electron chi connectivity index (χ3n) is 8.82. The van der Waals surface area contributed by atoms with Gasteiger partial charge in [0.15, 0.2) is 0 Å². The lowest BCUT2D eigenvalue weighted by Crippen LogP contribution is -2.83. The number of nitrogens with zero attached hydrogens (tertiary/aromatic N) is 2. The first kappa shape index (κ1) is 59.8. The molecule has 364 valence electrons. The summed E-state index contributed by atoms with van der Waals surface area (Å²) in [5.41, 5.74) is -11.2. The molecule has 0 unspecified atom stereocenters. The molecular weight excluding hydrogens is 941 g/mol. The van der Waals surface area contributed by atoms with Gasteiger partial charge in [-0.05, 0) is 20.3 Å². The van der Waals surface area contributed by atoms with Gasteiger partial charge in [-0.3, -0.25) is 13.2 Å². The fraction of sp³-hybridized carbons (Fsp3) is 1.00. The van der Waals surface area contributed by atoms with Crippen molar-refractivity contribution in [3.8, 4) is 0 Å². The third kappa shape index (κ3) is 7.35. The number of hydrogen-bond donors (Lipinski definition) is 0. The van der Waals surface area contributed by atoms with Crippen molar-refractivity contribution in [1.82, 2.24) is 9.80 Å². The first-order valence-electron chi connectivity index (χ1n) is 15.4. The number of hydrogen-bond acceptors (Lipinski definition) is 2. The van der Waals surface area contributed by atoms with Gasteiger partial charge in [0.05, 0.1) is 13.9 Å². The minimum atomic E-state index is -7.02. The predicted octanol–water partition coefficient (Wildman–Crippen LogP) is 12.7. The van der Waals surface area contributed by atoms with Crippen LogP contribution in [-0.2, 0) is 0 Å². The predicted molar refractivity (Wildman–Crippen MR) is 141 cm³/mol. The highest BCUT2D eigenvalue weighted by atomic mass is 19.4. The van der Waals surface area contributed by atoms with Gasteiger partial charge >= 0.3 is 77.5 Å². The Morgan fingerprint density at radius 1 is 0.367 bits per heavy atom. The van der Waals surface area contributed by atoms with Crippen LogP contribution in [0.1, 0.15) is 41.0 Å². The molecule has 3 fully saturated rings. The zero-order valence-corrected chi connectivity index (χ0v) is 30.2. The van der Waals surface area contributed by atoms with Crippen LogP contribution in [0.3, 0.4) is 0 Å². The summed E-state index contributed by atoms with van der Waals surface area (Å²) in [4.78, 5) is -2.96. The minimum Gasteiger partial charge on any atom is -0.255 e. The fourth-order valence-corrected chi connectivity index (χ4v) is 5.20. The maximum atomic E-state index is 13.6. The van der Waals surface area contributed by atoms with Gasteiger partial charge in [0.25, 0.3) is 0 Å². The molecule has 2 nitrogen and oxygen atoms in total. The molecule has 1 saturated heterocycles. The van der Waals surface area contributed by atoms with Crippen LogP contribution in [0.15, 0.2) is 0 Å². The van der Waals surface area contributed by atoms with E-state index in [0.29, 0.717) is 21.0 Å². The number of likely N-dealkylation sites (N-methyl/N-ethyl adjacent to an activating group) is 2. The molecule has 33 heteroatoms. The van der Waals surface area contributed by atoms with E-state index in [9.17, 15) is 136 Å². The van der Waals surface area contributed by atoms with Gasteiger partial charge in [-0.1, -0.05) is 20.8 Å². The Hall–Kier alpha value is -2.25. The fourth-order valence-electron chi connectivity index (χ4n) is 5.20. The summed E-state index contributed by atoms with van der Waals surface area (Å²) in [6.45, 7) is -3.74. The van der Waals surface area contributed by atoms with Crippen molar-refractivity contribution in [3.05, 3.63) is 0 Å². The van der Waals surface area contributed by atoms with Crippen LogP contribution in [0.25, 0.3) is 0 Å². The molecular formula is C27H29F31N2. The Morgan fingerprint density at radius 3 is 0.750 bits per heavy atom. The summed E-state index contributed by atoms with van der Waals surface area (Å²) in [5, 5.41) is 0. The minimum absolute atomic E-state index is 0.250. The van der Waals surface area contributed by atoms with Crippen molar-refractivity contribution in [3.63, 3.8) is 0 Å². The Kier molecular flexibility index (Phi) is 17.0. The summed E-state index contributed by atoms with van der Waals surface area (Å²) in [7, 11) is 0.500. The number of alkyl halides is 31. The molecule has 1 aliphatic heterocycles. The maximum Gasteiger partial charge on any atom is 0.387 e. The lowest BCUT2D eigenvalue weighted by atomic mass is 9.67. The Labute approximate surface area is 316 Å². The van der Waals surface area contributed by atoms with Crippen LogP contribution in [0.5, 0.6) is 0 Å². The molecule has 0 spiro atoms. The van der Waals surface area contributed by atoms with Crippen LogP contribution in [0.2, 0.25) is 0 Å². The van der Waals surface area contributed by atoms with Crippen molar-refractivity contribution in [2.75, 3.05) is 33.6 Å². The summed E-state index contributed by atoms with van der Waals surface area (Å²) < 4.78 is 396. The lowest BCUT2D eigenvalue weighted by molar-refractivity contribution is -0.505. The normalized spacial score (nSPS) is 32.8. The highest BCUT2D eigenvalue weighted by Gasteiger charge is 2.98. The van der Waals surface area contributed by atoms with Crippen molar-refractivity contribution >= 4 is 0 Å². The molecule has 0 N–H and O–H groups in total. The van der Waals surface area contributed by atoms with E-state index >= 15 is 0 Å². The highest BCUT2D eigenvalue weighted by molar-refractivity contribution is 5.28. The van der Waals surface area contributed by atoms with Crippen LogP contribution in [-0.4, -0.2) is 132 Å². The third-order valence-corrected chi connectivity index (χ3v) is 8.82. The van der Waals surface area contributed by atoms with E-state index in [4.69, 9.17) is 0 Å². The van der Waals surface area contributed by atoms with E-state index in [2.05, 4.69) is 0 Å². The number of rotatable bonds is 4. The van der Waals surface area contributed by atoms with Crippen molar-refractivity contribution in [2.24, 2.45) is 5.92 Å². The monoisotopic (exact) mass is 970 g/mol. The van der Waals surface area contributed by atoms with Crippen molar-refractivity contribution in [2.45, 2.75) is 130 Å². The van der Waals surface area contributed by atoms with E-state index in [1.54, 1.807) is 0 Å². The molecule has 3 rings (SSSR count). The average molecular weight is 970 g/mol. The van der Waals surface area contributed by atoms with E-state index in [-0.39, 0.29) is 13.6 Å². The summed E-state index contributed by atoms with van der Waals surface area (Å²) >= 11 is 0. The maximum absolute atomic E-state index is 13.6. The van der Waals surface area contributed by atoms with Gasteiger partial charge < -0.3 is 0 Å². The molecule has 1 heterocycles.